The Morgan fingerprint density at radius 1 is 1.15 bits per heavy atom. The molecule has 0 bridgehead atoms. The summed E-state index contributed by atoms with van der Waals surface area (Å²) in [6.07, 6.45) is 0. The van der Waals surface area contributed by atoms with Gasteiger partial charge in [-0.05, 0) is 19.1 Å². The van der Waals surface area contributed by atoms with Crippen molar-refractivity contribution in [2.24, 2.45) is 5.41 Å². The van der Waals surface area contributed by atoms with Gasteiger partial charge in [0, 0.05) is 24.1 Å². The van der Waals surface area contributed by atoms with Crippen LogP contribution in [0.15, 0.2) is 24.3 Å². The molecular weight excluding hydrogens is 256 g/mol. The summed E-state index contributed by atoms with van der Waals surface area (Å²) in [7, 11) is 0. The van der Waals surface area contributed by atoms with E-state index in [0.29, 0.717) is 12.1 Å². The molecule has 2 amide bonds. The number of amides is 2. The van der Waals surface area contributed by atoms with Crippen LogP contribution in [0.4, 0.5) is 0 Å². The molecular formula is C15H22N2O3. The fraction of sp³-hybridized carbons (Fsp3) is 0.467. The standard InChI is InChI=1S/C15H22N2O3/c1-11-4-6-12(7-5-11)14(20)16-8-13(19)17-9-15(2,3)10-18/h4-7,18H,8-10H2,1-3H3,(H,16,20)(H,17,19). The lowest BCUT2D eigenvalue weighted by Crippen LogP contribution is -2.41. The summed E-state index contributed by atoms with van der Waals surface area (Å²) in [6.45, 7) is 5.91. The molecule has 0 aliphatic heterocycles. The highest BCUT2D eigenvalue weighted by molar-refractivity contribution is 5.96. The van der Waals surface area contributed by atoms with Crippen molar-refractivity contribution in [2.45, 2.75) is 20.8 Å². The average molecular weight is 278 g/mol. The third-order valence-corrected chi connectivity index (χ3v) is 2.92. The molecule has 0 radical (unpaired) electrons. The first-order chi connectivity index (χ1) is 9.34. The number of carbonyl (C=O) groups excluding carboxylic acids is 2. The van der Waals surface area contributed by atoms with Gasteiger partial charge in [-0.25, -0.2) is 0 Å². The molecule has 0 fully saturated rings. The van der Waals surface area contributed by atoms with E-state index < -0.39 is 0 Å². The fourth-order valence-corrected chi connectivity index (χ4v) is 1.42. The SMILES string of the molecule is Cc1ccc(C(=O)NCC(=O)NCC(C)(C)CO)cc1. The van der Waals surface area contributed by atoms with E-state index in [4.69, 9.17) is 5.11 Å². The molecule has 0 aliphatic carbocycles. The summed E-state index contributed by atoms with van der Waals surface area (Å²) >= 11 is 0. The van der Waals surface area contributed by atoms with Gasteiger partial charge in [-0.2, -0.15) is 0 Å². The van der Waals surface area contributed by atoms with Crippen molar-refractivity contribution in [2.75, 3.05) is 19.7 Å². The van der Waals surface area contributed by atoms with Crippen LogP contribution >= 0.6 is 0 Å². The number of nitrogens with one attached hydrogen (secondary N) is 2. The van der Waals surface area contributed by atoms with Gasteiger partial charge in [0.1, 0.15) is 0 Å². The second kappa shape index (κ2) is 7.05. The Bertz CT molecular complexity index is 467. The maximum Gasteiger partial charge on any atom is 0.251 e. The molecule has 3 N–H and O–H groups in total. The Morgan fingerprint density at radius 2 is 1.75 bits per heavy atom. The minimum absolute atomic E-state index is 0.0109. The lowest BCUT2D eigenvalue weighted by atomic mass is 9.95. The highest BCUT2D eigenvalue weighted by atomic mass is 16.3. The Morgan fingerprint density at radius 3 is 2.30 bits per heavy atom. The Balaban J connectivity index is 2.37. The zero-order chi connectivity index (χ0) is 15.2. The molecule has 5 heteroatoms. The van der Waals surface area contributed by atoms with E-state index in [0.717, 1.165) is 5.56 Å². The Hall–Kier alpha value is -1.88. The van der Waals surface area contributed by atoms with Crippen LogP contribution in [0.5, 0.6) is 0 Å². The zero-order valence-corrected chi connectivity index (χ0v) is 12.2. The number of aliphatic hydroxyl groups is 1. The maximum atomic E-state index is 11.8. The largest absolute Gasteiger partial charge is 0.396 e. The van der Waals surface area contributed by atoms with Gasteiger partial charge in [0.2, 0.25) is 5.91 Å². The molecule has 0 saturated heterocycles. The van der Waals surface area contributed by atoms with Crippen LogP contribution in [0.3, 0.4) is 0 Å². The predicted molar refractivity (Wildman–Crippen MR) is 77.4 cm³/mol. The van der Waals surface area contributed by atoms with Gasteiger partial charge in [-0.15, -0.1) is 0 Å². The van der Waals surface area contributed by atoms with Gasteiger partial charge in [-0.1, -0.05) is 31.5 Å². The van der Waals surface area contributed by atoms with E-state index in [1.54, 1.807) is 12.1 Å². The van der Waals surface area contributed by atoms with E-state index in [-0.39, 0.29) is 30.4 Å². The summed E-state index contributed by atoms with van der Waals surface area (Å²) in [5.74, 6) is -0.548. The third kappa shape index (κ3) is 5.40. The summed E-state index contributed by atoms with van der Waals surface area (Å²) in [6, 6.07) is 7.13. The molecule has 0 aliphatic rings. The van der Waals surface area contributed by atoms with E-state index >= 15 is 0 Å². The minimum Gasteiger partial charge on any atom is -0.396 e. The Labute approximate surface area is 119 Å². The van der Waals surface area contributed by atoms with E-state index in [1.165, 1.54) is 0 Å². The molecule has 0 unspecified atom stereocenters. The van der Waals surface area contributed by atoms with Crippen molar-refractivity contribution in [1.82, 2.24) is 10.6 Å². The predicted octanol–water partition coefficient (Wildman–Crippen LogP) is 0.860. The number of hydrogen-bond acceptors (Lipinski definition) is 3. The van der Waals surface area contributed by atoms with Gasteiger partial charge in [0.15, 0.2) is 0 Å². The van der Waals surface area contributed by atoms with E-state index in [2.05, 4.69) is 10.6 Å². The van der Waals surface area contributed by atoms with Crippen molar-refractivity contribution in [3.63, 3.8) is 0 Å². The number of aryl methyl sites for hydroxylation is 1. The van der Waals surface area contributed by atoms with Gasteiger partial charge >= 0.3 is 0 Å². The highest BCUT2D eigenvalue weighted by Gasteiger charge is 2.17. The van der Waals surface area contributed by atoms with Gasteiger partial charge in [0.25, 0.3) is 5.91 Å². The lowest BCUT2D eigenvalue weighted by molar-refractivity contribution is -0.120. The molecule has 110 valence electrons. The van der Waals surface area contributed by atoms with Crippen LogP contribution in [0.2, 0.25) is 0 Å². The van der Waals surface area contributed by atoms with Crippen LogP contribution in [-0.2, 0) is 4.79 Å². The van der Waals surface area contributed by atoms with Crippen molar-refractivity contribution in [3.05, 3.63) is 35.4 Å². The number of aliphatic hydroxyl groups excluding tert-OH is 1. The normalized spacial score (nSPS) is 11.0. The van der Waals surface area contributed by atoms with Gasteiger partial charge in [0.05, 0.1) is 6.54 Å². The summed E-state index contributed by atoms with van der Waals surface area (Å²) < 4.78 is 0. The fourth-order valence-electron chi connectivity index (χ4n) is 1.42. The molecule has 0 heterocycles. The molecule has 0 atom stereocenters. The quantitative estimate of drug-likeness (QED) is 0.722. The summed E-state index contributed by atoms with van der Waals surface area (Å²) in [5.41, 5.74) is 1.24. The summed E-state index contributed by atoms with van der Waals surface area (Å²) in [5, 5.41) is 14.3. The van der Waals surface area contributed by atoms with Gasteiger partial charge < -0.3 is 15.7 Å². The molecule has 20 heavy (non-hydrogen) atoms. The first-order valence-electron chi connectivity index (χ1n) is 6.56. The van der Waals surface area contributed by atoms with Crippen molar-refractivity contribution < 1.29 is 14.7 Å². The Kier molecular flexibility index (Phi) is 5.70. The van der Waals surface area contributed by atoms with Crippen molar-refractivity contribution in [3.8, 4) is 0 Å². The number of hydrogen-bond donors (Lipinski definition) is 3. The second-order valence-electron chi connectivity index (χ2n) is 5.65. The maximum absolute atomic E-state index is 11.8. The monoisotopic (exact) mass is 278 g/mol. The molecule has 1 aromatic carbocycles. The molecule has 0 saturated carbocycles. The smallest absolute Gasteiger partial charge is 0.251 e. The molecule has 0 aromatic heterocycles. The summed E-state index contributed by atoms with van der Waals surface area (Å²) in [4.78, 5) is 23.4. The van der Waals surface area contributed by atoms with Crippen LogP contribution < -0.4 is 10.6 Å². The van der Waals surface area contributed by atoms with Crippen LogP contribution in [0.25, 0.3) is 0 Å². The van der Waals surface area contributed by atoms with Gasteiger partial charge in [-0.3, -0.25) is 9.59 Å². The van der Waals surface area contributed by atoms with Crippen molar-refractivity contribution >= 4 is 11.8 Å². The lowest BCUT2D eigenvalue weighted by Gasteiger charge is -2.21. The number of benzene rings is 1. The number of rotatable bonds is 6. The van der Waals surface area contributed by atoms with E-state index in [1.807, 2.05) is 32.9 Å². The first-order valence-corrected chi connectivity index (χ1v) is 6.56. The zero-order valence-electron chi connectivity index (χ0n) is 12.2. The minimum atomic E-state index is -0.364. The topological polar surface area (TPSA) is 78.4 Å². The third-order valence-electron chi connectivity index (χ3n) is 2.92. The molecule has 0 spiro atoms. The van der Waals surface area contributed by atoms with Crippen LogP contribution in [-0.4, -0.2) is 36.6 Å². The average Bonchev–Trinajstić information content (AvgIpc) is 2.43. The molecule has 5 nitrogen and oxygen atoms in total. The van der Waals surface area contributed by atoms with Crippen LogP contribution in [0.1, 0.15) is 29.8 Å². The van der Waals surface area contributed by atoms with Crippen LogP contribution in [0, 0.1) is 12.3 Å². The number of carbonyl (C=O) groups is 2. The van der Waals surface area contributed by atoms with Crippen molar-refractivity contribution in [1.29, 1.82) is 0 Å². The highest BCUT2D eigenvalue weighted by Crippen LogP contribution is 2.10. The molecule has 1 aromatic rings. The second-order valence-corrected chi connectivity index (χ2v) is 5.65. The molecule has 1 rings (SSSR count). The van der Waals surface area contributed by atoms with E-state index in [9.17, 15) is 9.59 Å². The first kappa shape index (κ1) is 16.2.